The minimum Gasteiger partial charge on any atom is -0.497 e. The van der Waals surface area contributed by atoms with Crippen LogP contribution < -0.4 is 10.3 Å². The summed E-state index contributed by atoms with van der Waals surface area (Å²) in [7, 11) is 1.62. The number of benzene rings is 1. The number of fused-ring (bicyclic) bond motifs is 3. The Bertz CT molecular complexity index is 1120. The molecule has 0 N–H and O–H groups in total. The molecule has 126 valence electrons. The second kappa shape index (κ2) is 6.21. The van der Waals surface area contributed by atoms with Crippen LogP contribution in [0.3, 0.4) is 0 Å². The zero-order valence-electron chi connectivity index (χ0n) is 13.5. The first-order chi connectivity index (χ1) is 12.2. The molecule has 0 radical (unpaired) electrons. The van der Waals surface area contributed by atoms with Crippen LogP contribution in [0.4, 0.5) is 0 Å². The van der Waals surface area contributed by atoms with Crippen LogP contribution in [-0.2, 0) is 6.54 Å². The maximum absolute atomic E-state index is 12.5. The number of methoxy groups -OCH3 is 1. The third-order valence-electron chi connectivity index (χ3n) is 4.00. The fraction of sp³-hybridized carbons (Fsp3) is 0.176. The number of hydrogen-bond acceptors (Lipinski definition) is 6. The largest absolute Gasteiger partial charge is 0.497 e. The van der Waals surface area contributed by atoms with Crippen LogP contribution in [0.1, 0.15) is 0 Å². The van der Waals surface area contributed by atoms with Crippen LogP contribution in [0, 0.1) is 0 Å². The Balaban J connectivity index is 1.88. The SMILES string of the molecule is COc1ccc(-c2nc3ncc4c(=O)n(CCS)ccc4n3n2)cc1. The van der Waals surface area contributed by atoms with Crippen LogP contribution in [0.5, 0.6) is 5.75 Å². The average molecular weight is 353 g/mol. The molecule has 0 aliphatic heterocycles. The maximum atomic E-state index is 12.5. The van der Waals surface area contributed by atoms with Crippen LogP contribution in [0.15, 0.2) is 47.5 Å². The quantitative estimate of drug-likeness (QED) is 0.569. The van der Waals surface area contributed by atoms with Gasteiger partial charge in [0, 0.05) is 30.3 Å². The highest BCUT2D eigenvalue weighted by Gasteiger charge is 2.12. The van der Waals surface area contributed by atoms with E-state index in [1.807, 2.05) is 30.3 Å². The summed E-state index contributed by atoms with van der Waals surface area (Å²) in [6.45, 7) is 0.546. The van der Waals surface area contributed by atoms with Crippen molar-refractivity contribution < 1.29 is 4.74 Å². The third kappa shape index (κ3) is 2.64. The van der Waals surface area contributed by atoms with Gasteiger partial charge in [-0.1, -0.05) is 0 Å². The molecule has 4 aromatic rings. The lowest BCUT2D eigenvalue weighted by atomic mass is 10.2. The summed E-state index contributed by atoms with van der Waals surface area (Å²) < 4.78 is 8.38. The van der Waals surface area contributed by atoms with E-state index in [0.29, 0.717) is 34.8 Å². The smallest absolute Gasteiger partial charge is 0.261 e. The first-order valence-electron chi connectivity index (χ1n) is 7.71. The minimum atomic E-state index is -0.109. The molecule has 3 aromatic heterocycles. The van der Waals surface area contributed by atoms with Gasteiger partial charge in [-0.3, -0.25) is 4.79 Å². The maximum Gasteiger partial charge on any atom is 0.261 e. The van der Waals surface area contributed by atoms with E-state index in [9.17, 15) is 4.79 Å². The highest BCUT2D eigenvalue weighted by molar-refractivity contribution is 7.80. The van der Waals surface area contributed by atoms with Gasteiger partial charge in [0.2, 0.25) is 0 Å². The van der Waals surface area contributed by atoms with E-state index in [1.165, 1.54) is 0 Å². The van der Waals surface area contributed by atoms with E-state index in [-0.39, 0.29) is 5.56 Å². The molecular formula is C17H15N5O2S. The first-order valence-corrected chi connectivity index (χ1v) is 8.35. The van der Waals surface area contributed by atoms with E-state index < -0.39 is 0 Å². The van der Waals surface area contributed by atoms with E-state index in [1.54, 1.807) is 28.6 Å². The number of aromatic nitrogens is 5. The van der Waals surface area contributed by atoms with Crippen molar-refractivity contribution in [3.05, 3.63) is 53.1 Å². The summed E-state index contributed by atoms with van der Waals surface area (Å²) in [5.41, 5.74) is 1.42. The molecule has 7 nitrogen and oxygen atoms in total. The van der Waals surface area contributed by atoms with Crippen molar-refractivity contribution in [1.82, 2.24) is 24.1 Å². The van der Waals surface area contributed by atoms with Crippen molar-refractivity contribution in [3.63, 3.8) is 0 Å². The number of thiol groups is 1. The fourth-order valence-electron chi connectivity index (χ4n) is 2.71. The van der Waals surface area contributed by atoms with Crippen molar-refractivity contribution in [2.24, 2.45) is 0 Å². The highest BCUT2D eigenvalue weighted by Crippen LogP contribution is 2.20. The molecule has 0 spiro atoms. The molecule has 8 heteroatoms. The summed E-state index contributed by atoms with van der Waals surface area (Å²) in [6.07, 6.45) is 3.30. The normalized spacial score (nSPS) is 11.3. The molecule has 0 unspecified atom stereocenters. The lowest BCUT2D eigenvalue weighted by molar-refractivity contribution is 0.415. The van der Waals surface area contributed by atoms with E-state index in [0.717, 1.165) is 11.3 Å². The molecular weight excluding hydrogens is 338 g/mol. The predicted molar refractivity (Wildman–Crippen MR) is 98.4 cm³/mol. The Morgan fingerprint density at radius 2 is 2.00 bits per heavy atom. The Morgan fingerprint density at radius 1 is 1.20 bits per heavy atom. The van der Waals surface area contributed by atoms with E-state index in [2.05, 4.69) is 27.7 Å². The summed E-state index contributed by atoms with van der Waals surface area (Å²) in [5.74, 6) is 2.35. The molecule has 0 bridgehead atoms. The van der Waals surface area contributed by atoms with E-state index in [4.69, 9.17) is 4.74 Å². The van der Waals surface area contributed by atoms with Gasteiger partial charge >= 0.3 is 0 Å². The van der Waals surface area contributed by atoms with Crippen molar-refractivity contribution in [2.75, 3.05) is 12.9 Å². The zero-order chi connectivity index (χ0) is 17.4. The highest BCUT2D eigenvalue weighted by atomic mass is 32.1. The Hall–Kier alpha value is -2.87. The van der Waals surface area contributed by atoms with Crippen molar-refractivity contribution in [2.45, 2.75) is 6.54 Å². The standard InChI is InChI=1S/C17H15N5O2S/c1-24-12-4-2-11(3-5-12)15-19-17-18-10-13-14(22(17)20-15)6-7-21(8-9-25)16(13)23/h2-7,10,25H,8-9H2,1H3. The second-order valence-corrected chi connectivity index (χ2v) is 5.92. The number of aryl methyl sites for hydroxylation is 1. The number of pyridine rings is 1. The summed E-state index contributed by atoms with van der Waals surface area (Å²) >= 11 is 4.18. The Kier molecular flexibility index (Phi) is 3.89. The molecule has 3 heterocycles. The van der Waals surface area contributed by atoms with Gasteiger partial charge in [-0.05, 0) is 30.3 Å². The zero-order valence-corrected chi connectivity index (χ0v) is 14.3. The molecule has 0 saturated heterocycles. The van der Waals surface area contributed by atoms with Gasteiger partial charge in [0.1, 0.15) is 5.75 Å². The van der Waals surface area contributed by atoms with Crippen LogP contribution >= 0.6 is 12.6 Å². The number of rotatable bonds is 4. The van der Waals surface area contributed by atoms with Crippen molar-refractivity contribution >= 4 is 29.3 Å². The number of nitrogens with zero attached hydrogens (tertiary/aromatic N) is 5. The van der Waals surface area contributed by atoms with Crippen LogP contribution in [-0.4, -0.2) is 37.0 Å². The van der Waals surface area contributed by atoms with Gasteiger partial charge in [-0.2, -0.15) is 22.1 Å². The van der Waals surface area contributed by atoms with Crippen molar-refractivity contribution in [3.8, 4) is 17.1 Å². The summed E-state index contributed by atoms with van der Waals surface area (Å²) in [4.78, 5) is 21.3. The molecule has 0 atom stereocenters. The molecule has 0 fully saturated rings. The second-order valence-electron chi connectivity index (χ2n) is 5.47. The van der Waals surface area contributed by atoms with E-state index >= 15 is 0 Å². The molecule has 1 aromatic carbocycles. The van der Waals surface area contributed by atoms with Gasteiger partial charge in [0.15, 0.2) is 5.82 Å². The number of hydrogen-bond donors (Lipinski definition) is 1. The lowest BCUT2D eigenvalue weighted by Crippen LogP contribution is -2.21. The van der Waals surface area contributed by atoms with Crippen LogP contribution in [0.2, 0.25) is 0 Å². The lowest BCUT2D eigenvalue weighted by Gasteiger charge is -2.05. The molecule has 0 aliphatic rings. The van der Waals surface area contributed by atoms with Gasteiger partial charge in [-0.15, -0.1) is 5.10 Å². The first kappa shape index (κ1) is 15.6. The molecule has 0 saturated carbocycles. The summed E-state index contributed by atoms with van der Waals surface area (Å²) in [5, 5.41) is 5.03. The molecule has 0 amide bonds. The van der Waals surface area contributed by atoms with Crippen LogP contribution in [0.25, 0.3) is 28.1 Å². The monoisotopic (exact) mass is 353 g/mol. The molecule has 0 aliphatic carbocycles. The topological polar surface area (TPSA) is 74.3 Å². The Labute approximate surface area is 148 Å². The van der Waals surface area contributed by atoms with Crippen molar-refractivity contribution in [1.29, 1.82) is 0 Å². The molecule has 4 rings (SSSR count). The summed E-state index contributed by atoms with van der Waals surface area (Å²) in [6, 6.07) is 9.32. The molecule has 25 heavy (non-hydrogen) atoms. The van der Waals surface area contributed by atoms with Gasteiger partial charge in [-0.25, -0.2) is 4.98 Å². The predicted octanol–water partition coefficient (Wildman–Crippen LogP) is 2.04. The Morgan fingerprint density at radius 3 is 2.72 bits per heavy atom. The minimum absolute atomic E-state index is 0.109. The van der Waals surface area contributed by atoms with Gasteiger partial charge in [0.05, 0.1) is 18.0 Å². The third-order valence-corrected chi connectivity index (χ3v) is 4.20. The average Bonchev–Trinajstić information content (AvgIpc) is 3.09. The fourth-order valence-corrected chi connectivity index (χ4v) is 2.92. The number of ether oxygens (including phenoxy) is 1. The van der Waals surface area contributed by atoms with Gasteiger partial charge < -0.3 is 9.30 Å². The van der Waals surface area contributed by atoms with Gasteiger partial charge in [0.25, 0.3) is 11.3 Å².